The Balaban J connectivity index is 1.55. The second-order valence-corrected chi connectivity index (χ2v) is 7.75. The Hall–Kier alpha value is -3.58. The Kier molecular flexibility index (Phi) is 4.75. The number of aliphatic hydroxyl groups excluding tert-OH is 1. The van der Waals surface area contributed by atoms with Crippen molar-refractivity contribution in [3.05, 3.63) is 95.6 Å². The molecular formula is C24H20FN3O3. The summed E-state index contributed by atoms with van der Waals surface area (Å²) < 4.78 is 14.4. The predicted molar refractivity (Wildman–Crippen MR) is 112 cm³/mol. The van der Waals surface area contributed by atoms with Gasteiger partial charge in [0.25, 0.3) is 11.8 Å². The zero-order valence-electron chi connectivity index (χ0n) is 16.6. The number of rotatable bonds is 3. The molecule has 1 fully saturated rings. The van der Waals surface area contributed by atoms with E-state index in [9.17, 15) is 19.1 Å². The van der Waals surface area contributed by atoms with Crippen LogP contribution in [0.3, 0.4) is 0 Å². The van der Waals surface area contributed by atoms with Crippen molar-refractivity contribution in [3.8, 4) is 0 Å². The third-order valence-electron chi connectivity index (χ3n) is 6.20. The van der Waals surface area contributed by atoms with Crippen LogP contribution in [-0.2, 0) is 0 Å². The van der Waals surface area contributed by atoms with Gasteiger partial charge in [-0.2, -0.15) is 0 Å². The standard InChI is InChI=1S/C24H20FN3O3/c25-18-7-3-1-5-16(18)24(31)27-13-20-22(17-6-2-4-8-19(17)27)21(14-29)28(20)23(30)15-9-11-26-12-10-15/h1-12,20-22,29H,13-14H2/t20-,21+,22+/m1/s1. The van der Waals surface area contributed by atoms with Crippen LogP contribution >= 0.6 is 0 Å². The normalized spacial score (nSPS) is 21.7. The van der Waals surface area contributed by atoms with Gasteiger partial charge in [-0.15, -0.1) is 0 Å². The number of amides is 2. The van der Waals surface area contributed by atoms with Gasteiger partial charge >= 0.3 is 0 Å². The van der Waals surface area contributed by atoms with Crippen molar-refractivity contribution in [1.29, 1.82) is 0 Å². The first kappa shape index (κ1) is 19.4. The summed E-state index contributed by atoms with van der Waals surface area (Å²) in [6, 6.07) is 15.9. The Bertz CT molecular complexity index is 1150. The highest BCUT2D eigenvalue weighted by Gasteiger charge is 2.55. The minimum absolute atomic E-state index is 0.0132. The molecule has 3 atom stereocenters. The van der Waals surface area contributed by atoms with Crippen molar-refractivity contribution in [2.45, 2.75) is 18.0 Å². The van der Waals surface area contributed by atoms with Crippen molar-refractivity contribution < 1.29 is 19.1 Å². The molecular weight excluding hydrogens is 397 g/mol. The van der Waals surface area contributed by atoms with E-state index in [1.165, 1.54) is 17.0 Å². The van der Waals surface area contributed by atoms with Gasteiger partial charge in [-0.1, -0.05) is 30.3 Å². The number of carbonyl (C=O) groups is 2. The zero-order chi connectivity index (χ0) is 21.5. The average Bonchev–Trinajstić information content (AvgIpc) is 2.80. The fraction of sp³-hybridized carbons (Fsp3) is 0.208. The lowest BCUT2D eigenvalue weighted by Crippen LogP contribution is -2.70. The fourth-order valence-corrected chi connectivity index (χ4v) is 4.78. The molecule has 0 radical (unpaired) electrons. The van der Waals surface area contributed by atoms with E-state index in [-0.39, 0.29) is 36.6 Å². The van der Waals surface area contributed by atoms with E-state index in [2.05, 4.69) is 4.98 Å². The Morgan fingerprint density at radius 1 is 1.00 bits per heavy atom. The smallest absolute Gasteiger partial charge is 0.261 e. The fourth-order valence-electron chi connectivity index (χ4n) is 4.78. The van der Waals surface area contributed by atoms with Crippen LogP contribution in [0.1, 0.15) is 32.2 Å². The van der Waals surface area contributed by atoms with Crippen LogP contribution in [0.2, 0.25) is 0 Å². The molecule has 0 spiro atoms. The number of carbonyl (C=O) groups excluding carboxylic acids is 2. The summed E-state index contributed by atoms with van der Waals surface area (Å²) in [5.74, 6) is -1.36. The van der Waals surface area contributed by atoms with E-state index in [0.29, 0.717) is 11.3 Å². The molecule has 0 bridgehead atoms. The lowest BCUT2D eigenvalue weighted by molar-refractivity contribution is -0.0246. The van der Waals surface area contributed by atoms with Crippen LogP contribution in [0, 0.1) is 5.82 Å². The molecule has 2 aliphatic rings. The van der Waals surface area contributed by atoms with E-state index in [0.717, 1.165) is 5.56 Å². The third kappa shape index (κ3) is 3.00. The summed E-state index contributed by atoms with van der Waals surface area (Å²) in [4.78, 5) is 33.6. The number of nitrogens with zero attached hydrogens (tertiary/aromatic N) is 3. The first-order chi connectivity index (χ1) is 15.1. The number of aliphatic hydroxyl groups is 1. The molecule has 1 aromatic heterocycles. The predicted octanol–water partition coefficient (Wildman–Crippen LogP) is 2.85. The summed E-state index contributed by atoms with van der Waals surface area (Å²) in [6.07, 6.45) is 3.09. The molecule has 7 heteroatoms. The molecule has 5 rings (SSSR count). The average molecular weight is 417 g/mol. The molecule has 6 nitrogen and oxygen atoms in total. The Labute approximate surface area is 178 Å². The number of benzene rings is 2. The van der Waals surface area contributed by atoms with Crippen molar-refractivity contribution in [1.82, 2.24) is 9.88 Å². The number of halogens is 1. The van der Waals surface area contributed by atoms with Gasteiger partial charge in [-0.25, -0.2) is 4.39 Å². The SMILES string of the molecule is O=C(c1ccccc1F)N1C[C@@H]2[C@H](c3ccccc31)[C@H](CO)N2C(=O)c1ccncc1. The molecule has 2 aromatic carbocycles. The topological polar surface area (TPSA) is 73.7 Å². The monoisotopic (exact) mass is 417 g/mol. The summed E-state index contributed by atoms with van der Waals surface area (Å²) in [7, 11) is 0. The minimum atomic E-state index is -0.585. The second kappa shape index (κ2) is 7.59. The molecule has 0 aliphatic carbocycles. The van der Waals surface area contributed by atoms with Crippen molar-refractivity contribution >= 4 is 17.5 Å². The molecule has 156 valence electrons. The zero-order valence-corrected chi connectivity index (χ0v) is 16.6. The first-order valence-corrected chi connectivity index (χ1v) is 10.1. The maximum Gasteiger partial charge on any atom is 0.261 e. The molecule has 1 N–H and O–H groups in total. The molecule has 0 saturated carbocycles. The molecule has 3 heterocycles. The van der Waals surface area contributed by atoms with Crippen LogP contribution in [0.4, 0.5) is 10.1 Å². The van der Waals surface area contributed by atoms with Crippen LogP contribution in [0.5, 0.6) is 0 Å². The highest BCUT2D eigenvalue weighted by Crippen LogP contribution is 2.48. The quantitative estimate of drug-likeness (QED) is 0.711. The molecule has 2 aliphatic heterocycles. The van der Waals surface area contributed by atoms with Gasteiger partial charge in [0.1, 0.15) is 5.82 Å². The highest BCUT2D eigenvalue weighted by molar-refractivity contribution is 6.07. The Morgan fingerprint density at radius 3 is 2.45 bits per heavy atom. The lowest BCUT2D eigenvalue weighted by Gasteiger charge is -2.58. The summed E-state index contributed by atoms with van der Waals surface area (Å²) >= 11 is 0. The van der Waals surface area contributed by atoms with Crippen molar-refractivity contribution in [3.63, 3.8) is 0 Å². The Morgan fingerprint density at radius 2 is 1.71 bits per heavy atom. The van der Waals surface area contributed by atoms with Gasteiger partial charge in [0, 0.05) is 36.1 Å². The molecule has 3 aromatic rings. The highest BCUT2D eigenvalue weighted by atomic mass is 19.1. The summed E-state index contributed by atoms with van der Waals surface area (Å²) in [6.45, 7) is 0.0375. The van der Waals surface area contributed by atoms with E-state index in [4.69, 9.17) is 0 Å². The molecule has 1 saturated heterocycles. The van der Waals surface area contributed by atoms with E-state index in [1.807, 2.05) is 24.3 Å². The van der Waals surface area contributed by atoms with E-state index in [1.54, 1.807) is 41.6 Å². The number of pyridine rings is 1. The largest absolute Gasteiger partial charge is 0.394 e. The number of likely N-dealkylation sites (tertiary alicyclic amines) is 1. The van der Waals surface area contributed by atoms with E-state index < -0.39 is 17.8 Å². The van der Waals surface area contributed by atoms with Crippen LogP contribution in [0.15, 0.2) is 73.1 Å². The number of hydrogen-bond donors (Lipinski definition) is 1. The number of aromatic nitrogens is 1. The summed E-state index contributed by atoms with van der Waals surface area (Å²) in [5.41, 5.74) is 2.02. The first-order valence-electron chi connectivity index (χ1n) is 10.1. The van der Waals surface area contributed by atoms with Crippen molar-refractivity contribution in [2.24, 2.45) is 0 Å². The van der Waals surface area contributed by atoms with Crippen LogP contribution in [-0.4, -0.2) is 52.0 Å². The number of anilines is 1. The van der Waals surface area contributed by atoms with Crippen molar-refractivity contribution in [2.75, 3.05) is 18.1 Å². The van der Waals surface area contributed by atoms with Crippen LogP contribution in [0.25, 0.3) is 0 Å². The number of hydrogen-bond acceptors (Lipinski definition) is 4. The molecule has 0 unspecified atom stereocenters. The van der Waals surface area contributed by atoms with Gasteiger partial charge in [0.05, 0.1) is 24.3 Å². The number of fused-ring (bicyclic) bond motifs is 3. The lowest BCUT2D eigenvalue weighted by atomic mass is 9.71. The van der Waals surface area contributed by atoms with Crippen LogP contribution < -0.4 is 4.90 Å². The molecule has 31 heavy (non-hydrogen) atoms. The third-order valence-corrected chi connectivity index (χ3v) is 6.20. The number of para-hydroxylation sites is 1. The van der Waals surface area contributed by atoms with Gasteiger partial charge in [0.15, 0.2) is 0 Å². The van der Waals surface area contributed by atoms with Gasteiger partial charge in [-0.05, 0) is 35.9 Å². The van der Waals surface area contributed by atoms with E-state index >= 15 is 0 Å². The maximum atomic E-state index is 14.4. The maximum absolute atomic E-state index is 14.4. The second-order valence-electron chi connectivity index (χ2n) is 7.75. The minimum Gasteiger partial charge on any atom is -0.394 e. The van der Waals surface area contributed by atoms with Gasteiger partial charge < -0.3 is 14.9 Å². The van der Waals surface area contributed by atoms with Gasteiger partial charge in [-0.3, -0.25) is 14.6 Å². The van der Waals surface area contributed by atoms with Gasteiger partial charge in [0.2, 0.25) is 0 Å². The summed E-state index contributed by atoms with van der Waals surface area (Å²) in [5, 5.41) is 10.1. The molecule has 2 amide bonds.